The molecule has 0 aromatic heterocycles. The van der Waals surface area contributed by atoms with Gasteiger partial charge in [0.05, 0.1) is 26.4 Å². The summed E-state index contributed by atoms with van der Waals surface area (Å²) >= 11 is 0. The van der Waals surface area contributed by atoms with Gasteiger partial charge < -0.3 is 24.4 Å². The Kier molecular flexibility index (Phi) is 9.00. The number of nitrogens with one attached hydrogen (secondary N) is 1. The van der Waals surface area contributed by atoms with Crippen LogP contribution in [0.5, 0.6) is 5.75 Å². The highest BCUT2D eigenvalue weighted by molar-refractivity contribution is 5.80. The van der Waals surface area contributed by atoms with Gasteiger partial charge in [-0.15, -0.1) is 0 Å². The average molecular weight is 412 g/mol. The van der Waals surface area contributed by atoms with Gasteiger partial charge in [-0.25, -0.2) is 0 Å². The van der Waals surface area contributed by atoms with Crippen LogP contribution in [0, 0.1) is 5.92 Å². The molecule has 1 N–H and O–H groups in total. The fraction of sp³-hybridized carbons (Fsp3) is 0.458. The SMILES string of the molecule is CN=C(NCCOc1ccccc1-c1ccccc1)N1CCC(COCCOC)C1. The first-order valence-corrected chi connectivity index (χ1v) is 10.6. The molecule has 162 valence electrons. The number of para-hydroxylation sites is 1. The van der Waals surface area contributed by atoms with Crippen LogP contribution in [0.1, 0.15) is 6.42 Å². The van der Waals surface area contributed by atoms with Crippen LogP contribution in [0.15, 0.2) is 59.6 Å². The molecule has 0 amide bonds. The van der Waals surface area contributed by atoms with Gasteiger partial charge in [0.15, 0.2) is 5.96 Å². The van der Waals surface area contributed by atoms with Crippen molar-refractivity contribution < 1.29 is 14.2 Å². The van der Waals surface area contributed by atoms with E-state index in [-0.39, 0.29) is 0 Å². The van der Waals surface area contributed by atoms with E-state index in [0.717, 1.165) is 49.0 Å². The molecule has 1 heterocycles. The van der Waals surface area contributed by atoms with Crippen molar-refractivity contribution in [2.24, 2.45) is 10.9 Å². The Balaban J connectivity index is 1.43. The Morgan fingerprint density at radius 2 is 1.87 bits per heavy atom. The lowest BCUT2D eigenvalue weighted by atomic mass is 10.1. The van der Waals surface area contributed by atoms with E-state index in [4.69, 9.17) is 14.2 Å². The third-order valence-electron chi connectivity index (χ3n) is 5.20. The third-order valence-corrected chi connectivity index (χ3v) is 5.20. The first-order chi connectivity index (χ1) is 14.8. The maximum Gasteiger partial charge on any atom is 0.193 e. The molecule has 6 heteroatoms. The lowest BCUT2D eigenvalue weighted by Gasteiger charge is -2.22. The summed E-state index contributed by atoms with van der Waals surface area (Å²) < 4.78 is 16.8. The molecule has 6 nitrogen and oxygen atoms in total. The predicted octanol–water partition coefficient (Wildman–Crippen LogP) is 3.29. The van der Waals surface area contributed by atoms with Crippen molar-refractivity contribution >= 4 is 5.96 Å². The summed E-state index contributed by atoms with van der Waals surface area (Å²) in [5.41, 5.74) is 2.27. The van der Waals surface area contributed by atoms with Crippen LogP contribution >= 0.6 is 0 Å². The standard InChI is InChI=1S/C24H33N3O3/c1-25-24(27-14-12-20(18-27)19-29-17-16-28-2)26-13-15-30-23-11-7-6-10-22(23)21-8-4-3-5-9-21/h3-11,20H,12-19H2,1-2H3,(H,25,26). The second kappa shape index (κ2) is 12.2. The van der Waals surface area contributed by atoms with Crippen LogP contribution in [0.3, 0.4) is 0 Å². The first kappa shape index (κ1) is 22.1. The Morgan fingerprint density at radius 3 is 2.67 bits per heavy atom. The van der Waals surface area contributed by atoms with Gasteiger partial charge in [0.2, 0.25) is 0 Å². The van der Waals surface area contributed by atoms with Gasteiger partial charge in [-0.2, -0.15) is 0 Å². The highest BCUT2D eigenvalue weighted by atomic mass is 16.5. The number of hydrogen-bond donors (Lipinski definition) is 1. The Morgan fingerprint density at radius 1 is 1.07 bits per heavy atom. The molecule has 1 unspecified atom stereocenters. The van der Waals surface area contributed by atoms with Crippen molar-refractivity contribution in [3.63, 3.8) is 0 Å². The minimum absolute atomic E-state index is 0.536. The van der Waals surface area contributed by atoms with Crippen LogP contribution in [0.2, 0.25) is 0 Å². The highest BCUT2D eigenvalue weighted by Gasteiger charge is 2.24. The number of rotatable bonds is 10. The number of aliphatic imine (C=N–C) groups is 1. The molecule has 1 saturated heterocycles. The Bertz CT molecular complexity index is 782. The van der Waals surface area contributed by atoms with E-state index in [9.17, 15) is 0 Å². The van der Waals surface area contributed by atoms with Gasteiger partial charge in [0.1, 0.15) is 12.4 Å². The summed E-state index contributed by atoms with van der Waals surface area (Å²) in [6, 6.07) is 18.5. The predicted molar refractivity (Wildman–Crippen MR) is 121 cm³/mol. The van der Waals surface area contributed by atoms with Crippen molar-refractivity contribution in [1.29, 1.82) is 0 Å². The molecule has 1 atom stereocenters. The molecule has 2 aromatic carbocycles. The second-order valence-electron chi connectivity index (χ2n) is 7.35. The zero-order valence-electron chi connectivity index (χ0n) is 18.0. The molecule has 0 radical (unpaired) electrons. The quantitative estimate of drug-likeness (QED) is 0.369. The number of guanidine groups is 1. The average Bonchev–Trinajstić information content (AvgIpc) is 3.26. The van der Waals surface area contributed by atoms with E-state index in [1.807, 2.05) is 43.4 Å². The maximum atomic E-state index is 6.08. The molecule has 0 spiro atoms. The number of ether oxygens (including phenoxy) is 3. The summed E-state index contributed by atoms with van der Waals surface area (Å²) in [5.74, 6) is 2.36. The number of nitrogens with zero attached hydrogens (tertiary/aromatic N) is 2. The summed E-state index contributed by atoms with van der Waals surface area (Å²) in [6.07, 6.45) is 1.12. The molecular weight excluding hydrogens is 378 g/mol. The maximum absolute atomic E-state index is 6.08. The molecule has 2 aromatic rings. The van der Waals surface area contributed by atoms with Crippen molar-refractivity contribution in [3.8, 4) is 16.9 Å². The lowest BCUT2D eigenvalue weighted by molar-refractivity contribution is 0.0536. The largest absolute Gasteiger partial charge is 0.491 e. The number of likely N-dealkylation sites (tertiary alicyclic amines) is 1. The Hall–Kier alpha value is -2.57. The third kappa shape index (κ3) is 6.47. The summed E-state index contributed by atoms with van der Waals surface area (Å²) in [4.78, 5) is 6.73. The minimum Gasteiger partial charge on any atom is -0.491 e. The molecule has 3 rings (SSSR count). The molecular formula is C24H33N3O3. The van der Waals surface area contributed by atoms with E-state index in [1.165, 1.54) is 0 Å². The summed E-state index contributed by atoms with van der Waals surface area (Å²) in [7, 11) is 3.52. The van der Waals surface area contributed by atoms with E-state index in [0.29, 0.717) is 32.3 Å². The number of benzene rings is 2. The monoisotopic (exact) mass is 411 g/mol. The topological polar surface area (TPSA) is 55.3 Å². The van der Waals surface area contributed by atoms with Crippen molar-refractivity contribution in [2.75, 3.05) is 60.2 Å². The van der Waals surface area contributed by atoms with E-state index < -0.39 is 0 Å². The van der Waals surface area contributed by atoms with E-state index in [1.54, 1.807) is 7.11 Å². The van der Waals surface area contributed by atoms with Gasteiger partial charge >= 0.3 is 0 Å². The van der Waals surface area contributed by atoms with Crippen LogP contribution in [0.4, 0.5) is 0 Å². The van der Waals surface area contributed by atoms with Gasteiger partial charge in [0.25, 0.3) is 0 Å². The zero-order valence-corrected chi connectivity index (χ0v) is 18.0. The fourth-order valence-electron chi connectivity index (χ4n) is 3.66. The molecule has 1 aliphatic rings. The molecule has 0 saturated carbocycles. The van der Waals surface area contributed by atoms with E-state index in [2.05, 4.69) is 33.4 Å². The van der Waals surface area contributed by atoms with Crippen LogP contribution in [-0.2, 0) is 9.47 Å². The molecule has 1 fully saturated rings. The van der Waals surface area contributed by atoms with Crippen molar-refractivity contribution in [1.82, 2.24) is 10.2 Å². The molecule has 30 heavy (non-hydrogen) atoms. The molecule has 1 aliphatic heterocycles. The van der Waals surface area contributed by atoms with Gasteiger partial charge in [0, 0.05) is 38.7 Å². The van der Waals surface area contributed by atoms with Gasteiger partial charge in [-0.1, -0.05) is 48.5 Å². The smallest absolute Gasteiger partial charge is 0.193 e. The molecule has 0 bridgehead atoms. The van der Waals surface area contributed by atoms with Crippen LogP contribution in [-0.4, -0.2) is 71.1 Å². The van der Waals surface area contributed by atoms with Crippen LogP contribution in [0.25, 0.3) is 11.1 Å². The first-order valence-electron chi connectivity index (χ1n) is 10.6. The number of methoxy groups -OCH3 is 1. The van der Waals surface area contributed by atoms with E-state index >= 15 is 0 Å². The lowest BCUT2D eigenvalue weighted by Crippen LogP contribution is -2.41. The van der Waals surface area contributed by atoms with Gasteiger partial charge in [-0.3, -0.25) is 4.99 Å². The van der Waals surface area contributed by atoms with Crippen LogP contribution < -0.4 is 10.1 Å². The molecule has 0 aliphatic carbocycles. The fourth-order valence-corrected chi connectivity index (χ4v) is 3.66. The van der Waals surface area contributed by atoms with Gasteiger partial charge in [-0.05, 0) is 18.1 Å². The summed E-state index contributed by atoms with van der Waals surface area (Å²) in [6.45, 7) is 5.30. The number of hydrogen-bond acceptors (Lipinski definition) is 4. The minimum atomic E-state index is 0.536. The summed E-state index contributed by atoms with van der Waals surface area (Å²) in [5, 5.41) is 3.43. The van der Waals surface area contributed by atoms with Crippen molar-refractivity contribution in [2.45, 2.75) is 6.42 Å². The Labute approximate surface area is 179 Å². The zero-order chi connectivity index (χ0) is 21.0. The van der Waals surface area contributed by atoms with Crippen molar-refractivity contribution in [3.05, 3.63) is 54.6 Å². The second-order valence-corrected chi connectivity index (χ2v) is 7.35. The normalized spacial score (nSPS) is 16.7. The highest BCUT2D eigenvalue weighted by Crippen LogP contribution is 2.29.